The van der Waals surface area contributed by atoms with Crippen molar-refractivity contribution in [2.24, 2.45) is 0 Å². The highest BCUT2D eigenvalue weighted by Gasteiger charge is 2.19. The van der Waals surface area contributed by atoms with Gasteiger partial charge in [-0.25, -0.2) is 9.97 Å². The first kappa shape index (κ1) is 16.9. The van der Waals surface area contributed by atoms with Crippen LogP contribution in [0, 0.1) is 6.92 Å². The number of aryl methyl sites for hydroxylation is 1. The van der Waals surface area contributed by atoms with Gasteiger partial charge in [0.1, 0.15) is 11.3 Å². The van der Waals surface area contributed by atoms with E-state index in [0.717, 1.165) is 51.1 Å². The molecule has 0 saturated heterocycles. The van der Waals surface area contributed by atoms with Gasteiger partial charge in [-0.05, 0) is 42.8 Å². The molecule has 2 aromatic carbocycles. The molecule has 0 atom stereocenters. The Morgan fingerprint density at radius 1 is 0.867 bits per heavy atom. The Labute approximate surface area is 172 Å². The molecule has 5 nitrogen and oxygen atoms in total. The van der Waals surface area contributed by atoms with Crippen LogP contribution in [-0.4, -0.2) is 19.5 Å². The number of nitrogens with zero attached hydrogens (tertiary/aromatic N) is 4. The molecule has 0 saturated carbocycles. The fraction of sp³-hybridized carbons (Fsp3) is 0.0800. The van der Waals surface area contributed by atoms with E-state index in [0.29, 0.717) is 5.71 Å². The summed E-state index contributed by atoms with van der Waals surface area (Å²) >= 11 is 0. The van der Waals surface area contributed by atoms with E-state index in [4.69, 9.17) is 9.40 Å². The third-order valence-corrected chi connectivity index (χ3v) is 5.44. The summed E-state index contributed by atoms with van der Waals surface area (Å²) in [6.07, 6.45) is 1.82. The van der Waals surface area contributed by atoms with Crippen molar-refractivity contribution in [3.8, 4) is 11.4 Å². The molecule has 4 heterocycles. The van der Waals surface area contributed by atoms with Crippen LogP contribution in [0.1, 0.15) is 11.3 Å². The van der Waals surface area contributed by atoms with Crippen LogP contribution >= 0.6 is 0 Å². The van der Waals surface area contributed by atoms with E-state index in [2.05, 4.69) is 44.9 Å². The van der Waals surface area contributed by atoms with E-state index in [1.807, 2.05) is 55.6 Å². The van der Waals surface area contributed by atoms with Crippen LogP contribution in [0.2, 0.25) is 0 Å². The van der Waals surface area contributed by atoms with E-state index in [1.54, 1.807) is 0 Å². The molecule has 0 aliphatic carbocycles. The highest BCUT2D eigenvalue weighted by Crippen LogP contribution is 2.35. The van der Waals surface area contributed by atoms with Gasteiger partial charge in [-0.1, -0.05) is 42.5 Å². The van der Waals surface area contributed by atoms with Gasteiger partial charge in [0, 0.05) is 18.4 Å². The van der Waals surface area contributed by atoms with Crippen LogP contribution in [0.4, 0.5) is 0 Å². The fourth-order valence-electron chi connectivity index (χ4n) is 4.01. The lowest BCUT2D eigenvalue weighted by Gasteiger charge is -2.10. The van der Waals surface area contributed by atoms with Crippen molar-refractivity contribution in [1.29, 1.82) is 0 Å². The normalized spacial score (nSPS) is 11.6. The average Bonchev–Trinajstić information content (AvgIpc) is 3.32. The SMILES string of the molecule is Cc1ccc2c(n1)oc1c(-c3nc4ccccc4n3Cc3ccccc3)ccnc12. The van der Waals surface area contributed by atoms with Gasteiger partial charge < -0.3 is 8.98 Å². The van der Waals surface area contributed by atoms with Crippen molar-refractivity contribution in [2.45, 2.75) is 13.5 Å². The molecule has 0 fully saturated rings. The summed E-state index contributed by atoms with van der Waals surface area (Å²) in [7, 11) is 0. The zero-order valence-electron chi connectivity index (χ0n) is 16.4. The molecule has 0 unspecified atom stereocenters. The van der Waals surface area contributed by atoms with Gasteiger partial charge >= 0.3 is 0 Å². The van der Waals surface area contributed by atoms with Gasteiger partial charge in [0.25, 0.3) is 0 Å². The first-order chi connectivity index (χ1) is 14.8. The zero-order valence-corrected chi connectivity index (χ0v) is 16.4. The molecular formula is C25H18N4O. The second-order valence-electron chi connectivity index (χ2n) is 7.44. The summed E-state index contributed by atoms with van der Waals surface area (Å²) in [4.78, 5) is 14.1. The second-order valence-corrected chi connectivity index (χ2v) is 7.44. The largest absolute Gasteiger partial charge is 0.435 e. The third kappa shape index (κ3) is 2.59. The summed E-state index contributed by atoms with van der Waals surface area (Å²) in [6.45, 7) is 2.68. The quantitative estimate of drug-likeness (QED) is 0.386. The predicted octanol–water partition coefficient (Wildman–Crippen LogP) is 5.75. The highest BCUT2D eigenvalue weighted by molar-refractivity contribution is 6.06. The first-order valence-corrected chi connectivity index (χ1v) is 9.92. The summed E-state index contributed by atoms with van der Waals surface area (Å²) in [5.41, 5.74) is 7.24. The Kier molecular flexibility index (Phi) is 3.68. The van der Waals surface area contributed by atoms with Gasteiger partial charge in [-0.15, -0.1) is 0 Å². The molecule has 0 aliphatic rings. The minimum atomic E-state index is 0.607. The highest BCUT2D eigenvalue weighted by atomic mass is 16.3. The van der Waals surface area contributed by atoms with Crippen LogP contribution in [0.3, 0.4) is 0 Å². The minimum absolute atomic E-state index is 0.607. The lowest BCUT2D eigenvalue weighted by molar-refractivity contribution is 0.652. The number of pyridine rings is 2. The van der Waals surface area contributed by atoms with Gasteiger partial charge in [0.2, 0.25) is 5.71 Å². The average molecular weight is 390 g/mol. The third-order valence-electron chi connectivity index (χ3n) is 5.44. The van der Waals surface area contributed by atoms with Crippen LogP contribution < -0.4 is 0 Å². The lowest BCUT2D eigenvalue weighted by Crippen LogP contribution is -2.02. The summed E-state index contributed by atoms with van der Waals surface area (Å²) in [5, 5.41) is 0.920. The Hall–Kier alpha value is -3.99. The molecule has 5 heteroatoms. The number of fused-ring (bicyclic) bond motifs is 4. The van der Waals surface area contributed by atoms with E-state index >= 15 is 0 Å². The van der Waals surface area contributed by atoms with E-state index in [-0.39, 0.29) is 0 Å². The van der Waals surface area contributed by atoms with Crippen molar-refractivity contribution in [1.82, 2.24) is 19.5 Å². The Morgan fingerprint density at radius 2 is 1.70 bits per heavy atom. The molecule has 30 heavy (non-hydrogen) atoms. The number of benzene rings is 2. The Morgan fingerprint density at radius 3 is 2.60 bits per heavy atom. The molecule has 4 aromatic heterocycles. The van der Waals surface area contributed by atoms with Crippen molar-refractivity contribution >= 4 is 33.2 Å². The van der Waals surface area contributed by atoms with Gasteiger partial charge in [0.05, 0.1) is 22.0 Å². The fourth-order valence-corrected chi connectivity index (χ4v) is 4.01. The van der Waals surface area contributed by atoms with Crippen LogP contribution in [-0.2, 0) is 6.54 Å². The molecule has 0 N–H and O–H groups in total. The van der Waals surface area contributed by atoms with Crippen molar-refractivity contribution < 1.29 is 4.42 Å². The smallest absolute Gasteiger partial charge is 0.229 e. The van der Waals surface area contributed by atoms with E-state index in [1.165, 1.54) is 5.56 Å². The van der Waals surface area contributed by atoms with Crippen molar-refractivity contribution in [3.63, 3.8) is 0 Å². The zero-order chi connectivity index (χ0) is 20.1. The summed E-state index contributed by atoms with van der Waals surface area (Å²) < 4.78 is 8.43. The van der Waals surface area contributed by atoms with Crippen molar-refractivity contribution in [2.75, 3.05) is 0 Å². The number of furan rings is 1. The molecule has 6 rings (SSSR count). The summed E-state index contributed by atoms with van der Waals surface area (Å²) in [6, 6.07) is 24.6. The van der Waals surface area contributed by atoms with E-state index < -0.39 is 0 Å². The topological polar surface area (TPSA) is 56.7 Å². The number of imidazole rings is 1. The number of aromatic nitrogens is 4. The van der Waals surface area contributed by atoms with Crippen LogP contribution in [0.25, 0.3) is 44.6 Å². The van der Waals surface area contributed by atoms with Gasteiger partial charge in [0.15, 0.2) is 5.58 Å². The maximum absolute atomic E-state index is 6.19. The molecular weight excluding hydrogens is 372 g/mol. The molecule has 0 spiro atoms. The molecule has 0 aliphatic heterocycles. The Bertz CT molecular complexity index is 1530. The van der Waals surface area contributed by atoms with Gasteiger partial charge in [-0.2, -0.15) is 0 Å². The van der Waals surface area contributed by atoms with Crippen LogP contribution in [0.15, 0.2) is 83.4 Å². The molecule has 0 radical (unpaired) electrons. The molecule has 0 bridgehead atoms. The maximum Gasteiger partial charge on any atom is 0.229 e. The number of hydrogen-bond donors (Lipinski definition) is 0. The van der Waals surface area contributed by atoms with E-state index in [9.17, 15) is 0 Å². The number of para-hydroxylation sites is 2. The van der Waals surface area contributed by atoms with Crippen molar-refractivity contribution in [3.05, 3.63) is 90.3 Å². The maximum atomic E-state index is 6.19. The Balaban J connectivity index is 1.64. The summed E-state index contributed by atoms with van der Waals surface area (Å²) in [5.74, 6) is 0.864. The minimum Gasteiger partial charge on any atom is -0.435 e. The van der Waals surface area contributed by atoms with Gasteiger partial charge in [-0.3, -0.25) is 4.98 Å². The monoisotopic (exact) mass is 390 g/mol. The molecule has 6 aromatic rings. The lowest BCUT2D eigenvalue weighted by atomic mass is 10.1. The number of hydrogen-bond acceptors (Lipinski definition) is 4. The predicted molar refractivity (Wildman–Crippen MR) is 118 cm³/mol. The molecule has 144 valence electrons. The molecule has 0 amide bonds. The number of rotatable bonds is 3. The van der Waals surface area contributed by atoms with Crippen LogP contribution in [0.5, 0.6) is 0 Å². The first-order valence-electron chi connectivity index (χ1n) is 9.92. The second kappa shape index (κ2) is 6.52. The standard InChI is InChI=1S/C25H18N4O/c1-16-11-12-18-22-23(30-25(18)27-16)19(13-14-26-22)24-28-20-9-5-6-10-21(20)29(24)15-17-7-3-2-4-8-17/h2-14H,15H2,1H3.